The summed E-state index contributed by atoms with van der Waals surface area (Å²) in [6.45, 7) is 3.40. The molecule has 2 heterocycles. The first-order valence-corrected chi connectivity index (χ1v) is 5.05. The number of nitrogen functional groups attached to an aromatic ring is 1. The van der Waals surface area contributed by atoms with Crippen LogP contribution in [0, 0.1) is 6.92 Å². The molecule has 0 radical (unpaired) electrons. The van der Waals surface area contributed by atoms with Crippen molar-refractivity contribution in [3.8, 4) is 0 Å². The number of hydrogen-bond acceptors (Lipinski definition) is 5. The van der Waals surface area contributed by atoms with Crippen LogP contribution in [-0.2, 0) is 6.54 Å². The third-order valence-electron chi connectivity index (χ3n) is 2.17. The number of rotatable bonds is 4. The van der Waals surface area contributed by atoms with Gasteiger partial charge in [0.1, 0.15) is 5.82 Å². The zero-order valence-electron chi connectivity index (χ0n) is 9.09. The first-order chi connectivity index (χ1) is 7.75. The number of nitrogens with two attached hydrogens (primary N) is 1. The Kier molecular flexibility index (Phi) is 3.00. The van der Waals surface area contributed by atoms with Crippen molar-refractivity contribution in [3.63, 3.8) is 0 Å². The SMILES string of the molecule is Cc1nccnc1NCCn1cc(N)cn1. The van der Waals surface area contributed by atoms with Crippen LogP contribution in [0.5, 0.6) is 0 Å². The summed E-state index contributed by atoms with van der Waals surface area (Å²) < 4.78 is 1.79. The molecule has 0 bridgehead atoms. The number of nitrogens with zero attached hydrogens (tertiary/aromatic N) is 4. The van der Waals surface area contributed by atoms with E-state index in [4.69, 9.17) is 5.73 Å². The maximum atomic E-state index is 5.56. The van der Waals surface area contributed by atoms with Crippen LogP contribution in [0.1, 0.15) is 5.69 Å². The van der Waals surface area contributed by atoms with E-state index in [2.05, 4.69) is 20.4 Å². The lowest BCUT2D eigenvalue weighted by Gasteiger charge is -2.06. The van der Waals surface area contributed by atoms with Crippen LogP contribution in [0.3, 0.4) is 0 Å². The second-order valence-electron chi connectivity index (χ2n) is 3.45. The van der Waals surface area contributed by atoms with Gasteiger partial charge in [-0.25, -0.2) is 4.98 Å². The highest BCUT2D eigenvalue weighted by Crippen LogP contribution is 2.05. The second kappa shape index (κ2) is 4.61. The molecule has 0 spiro atoms. The summed E-state index contributed by atoms with van der Waals surface area (Å²) in [7, 11) is 0. The van der Waals surface area contributed by atoms with Gasteiger partial charge in [0, 0.05) is 25.1 Å². The highest BCUT2D eigenvalue weighted by molar-refractivity contribution is 5.38. The molecule has 3 N–H and O–H groups in total. The monoisotopic (exact) mass is 218 g/mol. The van der Waals surface area contributed by atoms with Gasteiger partial charge in [-0.3, -0.25) is 9.67 Å². The molecule has 6 heteroatoms. The average molecular weight is 218 g/mol. The summed E-state index contributed by atoms with van der Waals surface area (Å²) in [5.41, 5.74) is 7.13. The standard InChI is InChI=1S/C10H14N6/c1-8-10(13-3-2-12-8)14-4-5-16-7-9(11)6-15-16/h2-3,6-7H,4-5,11H2,1H3,(H,13,14). The van der Waals surface area contributed by atoms with Crippen LogP contribution < -0.4 is 11.1 Å². The predicted octanol–water partition coefficient (Wildman–Crippen LogP) is 0.676. The molecule has 0 aliphatic carbocycles. The highest BCUT2D eigenvalue weighted by atomic mass is 15.3. The van der Waals surface area contributed by atoms with Gasteiger partial charge in [0.25, 0.3) is 0 Å². The smallest absolute Gasteiger partial charge is 0.147 e. The van der Waals surface area contributed by atoms with Gasteiger partial charge in [0.2, 0.25) is 0 Å². The molecule has 0 fully saturated rings. The zero-order valence-corrected chi connectivity index (χ0v) is 9.09. The molecule has 0 aliphatic rings. The topological polar surface area (TPSA) is 81.7 Å². The Hall–Kier alpha value is -2.11. The van der Waals surface area contributed by atoms with Crippen LogP contribution in [-0.4, -0.2) is 26.3 Å². The third-order valence-corrected chi connectivity index (χ3v) is 2.17. The lowest BCUT2D eigenvalue weighted by molar-refractivity contribution is 0.637. The summed E-state index contributed by atoms with van der Waals surface area (Å²) in [6, 6.07) is 0. The molecule has 2 aromatic rings. The molecule has 0 amide bonds. The largest absolute Gasteiger partial charge is 0.396 e. The van der Waals surface area contributed by atoms with Gasteiger partial charge in [-0.2, -0.15) is 5.10 Å². The van der Waals surface area contributed by atoms with Crippen molar-refractivity contribution in [3.05, 3.63) is 30.5 Å². The third kappa shape index (κ3) is 2.47. The van der Waals surface area contributed by atoms with Gasteiger partial charge in [0.15, 0.2) is 0 Å². The molecular formula is C10H14N6. The summed E-state index contributed by atoms with van der Waals surface area (Å²) in [6.07, 6.45) is 6.77. The van der Waals surface area contributed by atoms with Crippen molar-refractivity contribution >= 4 is 11.5 Å². The minimum atomic E-state index is 0.677. The molecule has 0 aromatic carbocycles. The van der Waals surface area contributed by atoms with E-state index in [-0.39, 0.29) is 0 Å². The number of aromatic nitrogens is 4. The summed E-state index contributed by atoms with van der Waals surface area (Å²) in [4.78, 5) is 8.33. The van der Waals surface area contributed by atoms with Crippen LogP contribution >= 0.6 is 0 Å². The Labute approximate surface area is 93.5 Å². The Bertz CT molecular complexity index is 464. The molecular weight excluding hydrogens is 204 g/mol. The Morgan fingerprint density at radius 3 is 2.88 bits per heavy atom. The van der Waals surface area contributed by atoms with Crippen molar-refractivity contribution in [2.24, 2.45) is 0 Å². The van der Waals surface area contributed by atoms with E-state index in [9.17, 15) is 0 Å². The second-order valence-corrected chi connectivity index (χ2v) is 3.45. The Balaban J connectivity index is 1.87. The van der Waals surface area contributed by atoms with Crippen molar-refractivity contribution < 1.29 is 0 Å². The molecule has 0 unspecified atom stereocenters. The van der Waals surface area contributed by atoms with Gasteiger partial charge < -0.3 is 11.1 Å². The molecule has 6 nitrogen and oxygen atoms in total. The maximum absolute atomic E-state index is 5.56. The molecule has 2 rings (SSSR count). The normalized spacial score (nSPS) is 10.3. The fraction of sp³-hybridized carbons (Fsp3) is 0.300. The van der Waals surface area contributed by atoms with Crippen molar-refractivity contribution in [1.29, 1.82) is 0 Å². The minimum Gasteiger partial charge on any atom is -0.396 e. The predicted molar refractivity (Wildman–Crippen MR) is 61.9 cm³/mol. The maximum Gasteiger partial charge on any atom is 0.147 e. The molecule has 84 valence electrons. The number of hydrogen-bond donors (Lipinski definition) is 2. The van der Waals surface area contributed by atoms with E-state index >= 15 is 0 Å². The summed E-state index contributed by atoms with van der Waals surface area (Å²) in [5.74, 6) is 0.808. The van der Waals surface area contributed by atoms with Crippen molar-refractivity contribution in [2.75, 3.05) is 17.6 Å². The first-order valence-electron chi connectivity index (χ1n) is 5.05. The number of nitrogens with one attached hydrogen (secondary N) is 1. The number of aryl methyl sites for hydroxylation is 1. The van der Waals surface area contributed by atoms with Crippen LogP contribution in [0.2, 0.25) is 0 Å². The highest BCUT2D eigenvalue weighted by Gasteiger charge is 1.99. The van der Waals surface area contributed by atoms with E-state index in [1.807, 2.05) is 6.92 Å². The fourth-order valence-corrected chi connectivity index (χ4v) is 1.37. The Morgan fingerprint density at radius 1 is 1.38 bits per heavy atom. The lowest BCUT2D eigenvalue weighted by atomic mass is 10.4. The van der Waals surface area contributed by atoms with E-state index in [0.29, 0.717) is 5.69 Å². The quantitative estimate of drug-likeness (QED) is 0.788. The molecule has 0 aliphatic heterocycles. The summed E-state index contributed by atoms with van der Waals surface area (Å²) in [5, 5.41) is 7.28. The molecule has 0 saturated carbocycles. The number of anilines is 2. The molecule has 0 atom stereocenters. The lowest BCUT2D eigenvalue weighted by Crippen LogP contribution is -2.12. The fourth-order valence-electron chi connectivity index (χ4n) is 1.37. The van der Waals surface area contributed by atoms with Gasteiger partial charge >= 0.3 is 0 Å². The van der Waals surface area contributed by atoms with E-state index in [1.54, 1.807) is 29.5 Å². The molecule has 2 aromatic heterocycles. The van der Waals surface area contributed by atoms with Crippen LogP contribution in [0.25, 0.3) is 0 Å². The summed E-state index contributed by atoms with van der Waals surface area (Å²) >= 11 is 0. The van der Waals surface area contributed by atoms with Crippen molar-refractivity contribution in [1.82, 2.24) is 19.7 Å². The van der Waals surface area contributed by atoms with E-state index < -0.39 is 0 Å². The van der Waals surface area contributed by atoms with E-state index in [1.165, 1.54) is 0 Å². The minimum absolute atomic E-state index is 0.677. The van der Waals surface area contributed by atoms with E-state index in [0.717, 1.165) is 24.6 Å². The zero-order chi connectivity index (χ0) is 11.4. The average Bonchev–Trinajstić information content (AvgIpc) is 2.67. The van der Waals surface area contributed by atoms with Crippen LogP contribution in [0.4, 0.5) is 11.5 Å². The first kappa shape index (κ1) is 10.4. The van der Waals surface area contributed by atoms with Gasteiger partial charge in [-0.1, -0.05) is 0 Å². The van der Waals surface area contributed by atoms with Gasteiger partial charge in [0.05, 0.1) is 24.1 Å². The van der Waals surface area contributed by atoms with Gasteiger partial charge in [-0.15, -0.1) is 0 Å². The van der Waals surface area contributed by atoms with Crippen molar-refractivity contribution in [2.45, 2.75) is 13.5 Å². The van der Waals surface area contributed by atoms with Gasteiger partial charge in [-0.05, 0) is 6.92 Å². The molecule has 16 heavy (non-hydrogen) atoms. The molecule has 0 saturated heterocycles. The van der Waals surface area contributed by atoms with Crippen LogP contribution in [0.15, 0.2) is 24.8 Å². The Morgan fingerprint density at radius 2 is 2.19 bits per heavy atom.